The monoisotopic (exact) mass is 303 g/mol. The molecule has 0 saturated carbocycles. The summed E-state index contributed by atoms with van der Waals surface area (Å²) in [7, 11) is 0. The van der Waals surface area contributed by atoms with Gasteiger partial charge in [0.2, 0.25) is 5.13 Å². The van der Waals surface area contributed by atoms with Crippen LogP contribution in [0.1, 0.15) is 17.5 Å². The average molecular weight is 303 g/mol. The standard InChI is InChI=1S/C12H12F3N3OS/c1-2-16-11-18-17-10(20-11)7-19-9-6-4-3-5-8(9)12(13,14)15/h3-6H,2,7H2,1H3,(H,16,18). The van der Waals surface area contributed by atoms with Gasteiger partial charge >= 0.3 is 6.18 Å². The fourth-order valence-electron chi connectivity index (χ4n) is 1.50. The fourth-order valence-corrected chi connectivity index (χ4v) is 2.22. The maximum Gasteiger partial charge on any atom is 0.419 e. The molecule has 0 aliphatic heterocycles. The summed E-state index contributed by atoms with van der Waals surface area (Å²) in [6, 6.07) is 5.09. The van der Waals surface area contributed by atoms with Crippen LogP contribution in [-0.4, -0.2) is 16.7 Å². The largest absolute Gasteiger partial charge is 0.486 e. The quantitative estimate of drug-likeness (QED) is 0.917. The molecule has 0 aliphatic rings. The SMILES string of the molecule is CCNc1nnc(COc2ccccc2C(F)(F)F)s1. The second-order valence-electron chi connectivity index (χ2n) is 3.81. The van der Waals surface area contributed by atoms with E-state index in [1.54, 1.807) is 0 Å². The molecule has 0 radical (unpaired) electrons. The minimum atomic E-state index is -4.44. The number of rotatable bonds is 5. The predicted molar refractivity (Wildman–Crippen MR) is 69.8 cm³/mol. The Morgan fingerprint density at radius 2 is 2.00 bits per heavy atom. The maximum atomic E-state index is 12.8. The number of para-hydroxylation sites is 1. The Morgan fingerprint density at radius 3 is 2.70 bits per heavy atom. The number of ether oxygens (including phenoxy) is 1. The lowest BCUT2D eigenvalue weighted by atomic mass is 10.2. The van der Waals surface area contributed by atoms with Crippen molar-refractivity contribution in [3.05, 3.63) is 34.8 Å². The maximum absolute atomic E-state index is 12.8. The molecule has 0 amide bonds. The Kier molecular flexibility index (Phi) is 4.43. The van der Waals surface area contributed by atoms with Crippen LogP contribution in [0, 0.1) is 0 Å². The van der Waals surface area contributed by atoms with Crippen molar-refractivity contribution in [3.8, 4) is 5.75 Å². The summed E-state index contributed by atoms with van der Waals surface area (Å²) < 4.78 is 43.5. The van der Waals surface area contributed by atoms with E-state index in [-0.39, 0.29) is 12.4 Å². The highest BCUT2D eigenvalue weighted by Crippen LogP contribution is 2.36. The van der Waals surface area contributed by atoms with Gasteiger partial charge < -0.3 is 10.1 Å². The number of alkyl halides is 3. The van der Waals surface area contributed by atoms with Crippen molar-refractivity contribution in [1.82, 2.24) is 10.2 Å². The van der Waals surface area contributed by atoms with Crippen LogP contribution in [0.3, 0.4) is 0 Å². The molecule has 108 valence electrons. The molecule has 1 aromatic carbocycles. The highest BCUT2D eigenvalue weighted by atomic mass is 32.1. The molecular weight excluding hydrogens is 291 g/mol. The van der Waals surface area contributed by atoms with Gasteiger partial charge in [-0.25, -0.2) is 0 Å². The van der Waals surface area contributed by atoms with Gasteiger partial charge in [0.25, 0.3) is 0 Å². The number of aromatic nitrogens is 2. The molecule has 1 N–H and O–H groups in total. The van der Waals surface area contributed by atoms with Crippen LogP contribution in [0.2, 0.25) is 0 Å². The van der Waals surface area contributed by atoms with Crippen LogP contribution < -0.4 is 10.1 Å². The molecule has 1 heterocycles. The second-order valence-corrected chi connectivity index (χ2v) is 4.88. The van der Waals surface area contributed by atoms with Crippen molar-refractivity contribution in [2.75, 3.05) is 11.9 Å². The molecule has 0 bridgehead atoms. The van der Waals surface area contributed by atoms with Gasteiger partial charge in [0.1, 0.15) is 12.4 Å². The van der Waals surface area contributed by atoms with E-state index >= 15 is 0 Å². The van der Waals surface area contributed by atoms with Crippen molar-refractivity contribution in [1.29, 1.82) is 0 Å². The third-order valence-corrected chi connectivity index (χ3v) is 3.19. The molecule has 0 unspecified atom stereocenters. The summed E-state index contributed by atoms with van der Waals surface area (Å²) >= 11 is 1.25. The zero-order valence-electron chi connectivity index (χ0n) is 10.6. The van der Waals surface area contributed by atoms with E-state index in [0.717, 1.165) is 6.07 Å². The molecule has 0 atom stereocenters. The van der Waals surface area contributed by atoms with E-state index in [1.807, 2.05) is 6.92 Å². The molecule has 0 aliphatic carbocycles. The average Bonchev–Trinajstić information content (AvgIpc) is 2.84. The first kappa shape index (κ1) is 14.6. The molecule has 0 fully saturated rings. The van der Waals surface area contributed by atoms with Crippen molar-refractivity contribution >= 4 is 16.5 Å². The smallest absolute Gasteiger partial charge is 0.419 e. The van der Waals surface area contributed by atoms with Gasteiger partial charge in [0.05, 0.1) is 5.56 Å². The third kappa shape index (κ3) is 3.60. The highest BCUT2D eigenvalue weighted by molar-refractivity contribution is 7.15. The van der Waals surface area contributed by atoms with Crippen LogP contribution in [0.15, 0.2) is 24.3 Å². The fraction of sp³-hybridized carbons (Fsp3) is 0.333. The predicted octanol–water partition coefficient (Wildman–Crippen LogP) is 3.57. The van der Waals surface area contributed by atoms with Crippen LogP contribution in [0.4, 0.5) is 18.3 Å². The first-order valence-corrected chi connectivity index (χ1v) is 6.67. The Balaban J connectivity index is 2.07. The van der Waals surface area contributed by atoms with E-state index in [0.29, 0.717) is 16.7 Å². The minimum Gasteiger partial charge on any atom is -0.486 e. The summed E-state index contributed by atoms with van der Waals surface area (Å²) in [5, 5.41) is 11.8. The van der Waals surface area contributed by atoms with Crippen LogP contribution in [0.25, 0.3) is 0 Å². The molecule has 20 heavy (non-hydrogen) atoms. The summed E-state index contributed by atoms with van der Waals surface area (Å²) in [5.74, 6) is -0.208. The van der Waals surface area contributed by atoms with Crippen molar-refractivity contribution in [2.45, 2.75) is 19.7 Å². The zero-order chi connectivity index (χ0) is 14.6. The summed E-state index contributed by atoms with van der Waals surface area (Å²) in [6.45, 7) is 2.57. The topological polar surface area (TPSA) is 47.0 Å². The molecule has 2 aromatic rings. The van der Waals surface area contributed by atoms with Crippen molar-refractivity contribution < 1.29 is 17.9 Å². The van der Waals surface area contributed by atoms with Crippen molar-refractivity contribution in [3.63, 3.8) is 0 Å². The van der Waals surface area contributed by atoms with Crippen molar-refractivity contribution in [2.24, 2.45) is 0 Å². The number of hydrogen-bond donors (Lipinski definition) is 1. The molecule has 1 aromatic heterocycles. The zero-order valence-corrected chi connectivity index (χ0v) is 11.4. The van der Waals surface area contributed by atoms with Gasteiger partial charge in [0, 0.05) is 6.54 Å². The number of halogens is 3. The van der Waals surface area contributed by atoms with Gasteiger partial charge in [-0.05, 0) is 19.1 Å². The number of anilines is 1. The van der Waals surface area contributed by atoms with E-state index in [2.05, 4.69) is 15.5 Å². The van der Waals surface area contributed by atoms with E-state index in [4.69, 9.17) is 4.74 Å². The van der Waals surface area contributed by atoms with Gasteiger partial charge in [-0.1, -0.05) is 23.5 Å². The lowest BCUT2D eigenvalue weighted by molar-refractivity contribution is -0.139. The summed E-state index contributed by atoms with van der Waals surface area (Å²) in [4.78, 5) is 0. The normalized spacial score (nSPS) is 11.4. The molecule has 0 spiro atoms. The first-order chi connectivity index (χ1) is 9.50. The molecular formula is C12H12F3N3OS. The van der Waals surface area contributed by atoms with E-state index in [9.17, 15) is 13.2 Å². The van der Waals surface area contributed by atoms with Crippen LogP contribution in [-0.2, 0) is 12.8 Å². The number of benzene rings is 1. The van der Waals surface area contributed by atoms with Gasteiger partial charge in [0.15, 0.2) is 5.01 Å². The molecule has 0 saturated heterocycles. The minimum absolute atomic E-state index is 0.0455. The van der Waals surface area contributed by atoms with Crippen LogP contribution >= 0.6 is 11.3 Å². The Hall–Kier alpha value is -1.83. The van der Waals surface area contributed by atoms with E-state index in [1.165, 1.54) is 29.5 Å². The van der Waals surface area contributed by atoms with E-state index < -0.39 is 11.7 Å². The number of hydrogen-bond acceptors (Lipinski definition) is 5. The summed E-state index contributed by atoms with van der Waals surface area (Å²) in [5.41, 5.74) is -0.795. The van der Waals surface area contributed by atoms with Crippen LogP contribution in [0.5, 0.6) is 5.75 Å². The molecule has 8 heteroatoms. The van der Waals surface area contributed by atoms with Gasteiger partial charge in [-0.2, -0.15) is 13.2 Å². The highest BCUT2D eigenvalue weighted by Gasteiger charge is 2.34. The van der Waals surface area contributed by atoms with Gasteiger partial charge in [-0.3, -0.25) is 0 Å². The third-order valence-electron chi connectivity index (χ3n) is 2.34. The first-order valence-electron chi connectivity index (χ1n) is 5.86. The molecule has 4 nitrogen and oxygen atoms in total. The summed E-state index contributed by atoms with van der Waals surface area (Å²) in [6.07, 6.45) is -4.44. The lowest BCUT2D eigenvalue weighted by Gasteiger charge is -2.12. The second kappa shape index (κ2) is 6.08. The molecule has 2 rings (SSSR count). The Bertz CT molecular complexity index is 571. The number of nitrogens with one attached hydrogen (secondary N) is 1. The Labute approximate surface area is 117 Å². The van der Waals surface area contributed by atoms with Gasteiger partial charge in [-0.15, -0.1) is 10.2 Å². The lowest BCUT2D eigenvalue weighted by Crippen LogP contribution is -2.08. The number of nitrogens with zero attached hydrogens (tertiary/aromatic N) is 2. The Morgan fingerprint density at radius 1 is 1.25 bits per heavy atom.